The summed E-state index contributed by atoms with van der Waals surface area (Å²) in [5, 5.41) is 13.0. The van der Waals surface area contributed by atoms with Crippen molar-refractivity contribution < 1.29 is 9.90 Å². The van der Waals surface area contributed by atoms with Crippen LogP contribution in [0.3, 0.4) is 0 Å². The van der Waals surface area contributed by atoms with E-state index in [1.807, 2.05) is 0 Å². The molecule has 0 radical (unpaired) electrons. The molecule has 1 atom stereocenters. The van der Waals surface area contributed by atoms with E-state index in [9.17, 15) is 9.90 Å². The number of nitrogens with one attached hydrogen (secondary N) is 1. The molecule has 1 saturated heterocycles. The molecule has 4 heteroatoms. The van der Waals surface area contributed by atoms with Crippen molar-refractivity contribution in [2.75, 3.05) is 20.1 Å². The number of carbonyl (C=O) groups is 1. The van der Waals surface area contributed by atoms with Crippen molar-refractivity contribution in [1.29, 1.82) is 0 Å². The average molecular weight is 228 g/mol. The highest BCUT2D eigenvalue weighted by atomic mass is 16.3. The van der Waals surface area contributed by atoms with Crippen LogP contribution in [-0.4, -0.2) is 47.7 Å². The van der Waals surface area contributed by atoms with Crippen LogP contribution in [0.25, 0.3) is 0 Å². The molecule has 0 spiro atoms. The molecule has 2 N–H and O–H groups in total. The Hall–Kier alpha value is -0.610. The molecule has 94 valence electrons. The Morgan fingerprint density at radius 3 is 2.69 bits per heavy atom. The van der Waals surface area contributed by atoms with Gasteiger partial charge in [-0.05, 0) is 33.2 Å². The molecule has 0 saturated carbocycles. The highest BCUT2D eigenvalue weighted by molar-refractivity contribution is 5.76. The van der Waals surface area contributed by atoms with Crippen LogP contribution in [0.15, 0.2) is 0 Å². The lowest BCUT2D eigenvalue weighted by molar-refractivity contribution is -0.133. The lowest BCUT2D eigenvalue weighted by Crippen LogP contribution is -2.43. The minimum Gasteiger partial charge on any atom is -0.389 e. The number of piperidine rings is 1. The molecule has 1 rings (SSSR count). The third-order valence-corrected chi connectivity index (χ3v) is 2.88. The van der Waals surface area contributed by atoms with E-state index in [1.165, 1.54) is 12.8 Å². The Morgan fingerprint density at radius 2 is 2.19 bits per heavy atom. The van der Waals surface area contributed by atoms with Gasteiger partial charge in [0.25, 0.3) is 0 Å². The highest BCUT2D eigenvalue weighted by Crippen LogP contribution is 2.12. The topological polar surface area (TPSA) is 52.6 Å². The van der Waals surface area contributed by atoms with Gasteiger partial charge in [0.2, 0.25) is 5.91 Å². The fourth-order valence-corrected chi connectivity index (χ4v) is 2.13. The van der Waals surface area contributed by atoms with E-state index < -0.39 is 5.60 Å². The summed E-state index contributed by atoms with van der Waals surface area (Å²) in [5.74, 6) is 0.113. The summed E-state index contributed by atoms with van der Waals surface area (Å²) in [6.45, 7) is 4.84. The van der Waals surface area contributed by atoms with Crippen LogP contribution in [0.2, 0.25) is 0 Å². The van der Waals surface area contributed by atoms with Crippen molar-refractivity contribution >= 4 is 5.91 Å². The standard InChI is InChI=1S/C12H24N2O2/c1-12(2,16)9-14(3)11(15)8-10-6-4-5-7-13-10/h10,13,16H,4-9H2,1-3H3. The Labute approximate surface area is 98.0 Å². The molecule has 0 bridgehead atoms. The van der Waals surface area contributed by atoms with Gasteiger partial charge in [-0.25, -0.2) is 0 Å². The Kier molecular flexibility index (Phi) is 4.74. The number of nitrogens with zero attached hydrogens (tertiary/aromatic N) is 1. The SMILES string of the molecule is CN(CC(C)(C)O)C(=O)CC1CCCCN1. The molecule has 0 aromatic rings. The minimum atomic E-state index is -0.815. The second kappa shape index (κ2) is 5.64. The summed E-state index contributed by atoms with van der Waals surface area (Å²) in [7, 11) is 1.75. The summed E-state index contributed by atoms with van der Waals surface area (Å²) in [5.41, 5.74) is -0.815. The van der Waals surface area contributed by atoms with Crippen molar-refractivity contribution in [2.24, 2.45) is 0 Å². The monoisotopic (exact) mass is 228 g/mol. The lowest BCUT2D eigenvalue weighted by Gasteiger charge is -2.28. The van der Waals surface area contributed by atoms with Gasteiger partial charge in [0.15, 0.2) is 0 Å². The van der Waals surface area contributed by atoms with Crippen LogP contribution in [0, 0.1) is 0 Å². The number of rotatable bonds is 4. The van der Waals surface area contributed by atoms with Crippen LogP contribution in [0.4, 0.5) is 0 Å². The summed E-state index contributed by atoms with van der Waals surface area (Å²) >= 11 is 0. The average Bonchev–Trinajstić information content (AvgIpc) is 2.16. The maximum atomic E-state index is 11.9. The molecule has 0 aromatic carbocycles. The molecule has 0 aliphatic carbocycles. The Bertz CT molecular complexity index is 230. The predicted molar refractivity (Wildman–Crippen MR) is 64.2 cm³/mol. The molecule has 16 heavy (non-hydrogen) atoms. The first kappa shape index (κ1) is 13.5. The minimum absolute atomic E-state index is 0.113. The van der Waals surface area contributed by atoms with Gasteiger partial charge in [-0.2, -0.15) is 0 Å². The van der Waals surface area contributed by atoms with E-state index >= 15 is 0 Å². The van der Waals surface area contributed by atoms with Crippen molar-refractivity contribution in [1.82, 2.24) is 10.2 Å². The first-order chi connectivity index (χ1) is 7.38. The maximum absolute atomic E-state index is 11.9. The molecular weight excluding hydrogens is 204 g/mol. The molecule has 1 unspecified atom stereocenters. The van der Waals surface area contributed by atoms with Gasteiger partial charge in [-0.3, -0.25) is 4.79 Å². The molecule has 4 nitrogen and oxygen atoms in total. The lowest BCUT2D eigenvalue weighted by atomic mass is 10.0. The summed E-state index contributed by atoms with van der Waals surface area (Å²) < 4.78 is 0. The molecule has 1 aliphatic rings. The van der Waals surface area contributed by atoms with Gasteiger partial charge < -0.3 is 15.3 Å². The van der Waals surface area contributed by atoms with Crippen LogP contribution in [0.5, 0.6) is 0 Å². The highest BCUT2D eigenvalue weighted by Gasteiger charge is 2.22. The molecule has 1 fully saturated rings. The van der Waals surface area contributed by atoms with Crippen molar-refractivity contribution in [2.45, 2.75) is 51.2 Å². The van der Waals surface area contributed by atoms with Gasteiger partial charge in [0, 0.05) is 26.1 Å². The van der Waals surface area contributed by atoms with Crippen LogP contribution < -0.4 is 5.32 Å². The second-order valence-corrected chi connectivity index (χ2v) is 5.41. The van der Waals surface area contributed by atoms with E-state index in [0.29, 0.717) is 19.0 Å². The number of hydrogen-bond acceptors (Lipinski definition) is 3. The first-order valence-electron chi connectivity index (χ1n) is 6.08. The van der Waals surface area contributed by atoms with Crippen LogP contribution in [0.1, 0.15) is 39.5 Å². The number of amides is 1. The number of aliphatic hydroxyl groups is 1. The number of carbonyl (C=O) groups excluding carboxylic acids is 1. The van der Waals surface area contributed by atoms with Crippen LogP contribution >= 0.6 is 0 Å². The zero-order valence-electron chi connectivity index (χ0n) is 10.6. The van der Waals surface area contributed by atoms with Crippen molar-refractivity contribution in [3.8, 4) is 0 Å². The summed E-state index contributed by atoms with van der Waals surface area (Å²) in [4.78, 5) is 13.5. The molecule has 1 amide bonds. The third-order valence-electron chi connectivity index (χ3n) is 2.88. The number of hydrogen-bond donors (Lipinski definition) is 2. The fraction of sp³-hybridized carbons (Fsp3) is 0.917. The van der Waals surface area contributed by atoms with Crippen LogP contribution in [-0.2, 0) is 4.79 Å². The fourth-order valence-electron chi connectivity index (χ4n) is 2.13. The van der Waals surface area contributed by atoms with E-state index in [1.54, 1.807) is 25.8 Å². The molecular formula is C12H24N2O2. The maximum Gasteiger partial charge on any atom is 0.223 e. The van der Waals surface area contributed by atoms with E-state index in [4.69, 9.17) is 0 Å². The summed E-state index contributed by atoms with van der Waals surface area (Å²) in [6, 6.07) is 0.325. The molecule has 1 aliphatic heterocycles. The zero-order valence-corrected chi connectivity index (χ0v) is 10.6. The van der Waals surface area contributed by atoms with Gasteiger partial charge >= 0.3 is 0 Å². The van der Waals surface area contributed by atoms with Gasteiger partial charge in [0.05, 0.1) is 5.60 Å². The van der Waals surface area contributed by atoms with Gasteiger partial charge in [-0.1, -0.05) is 6.42 Å². The largest absolute Gasteiger partial charge is 0.389 e. The number of likely N-dealkylation sites (N-methyl/N-ethyl adjacent to an activating group) is 1. The summed E-state index contributed by atoms with van der Waals surface area (Å²) in [6.07, 6.45) is 4.05. The zero-order chi connectivity index (χ0) is 12.2. The smallest absolute Gasteiger partial charge is 0.223 e. The predicted octanol–water partition coefficient (Wildman–Crippen LogP) is 0.748. The second-order valence-electron chi connectivity index (χ2n) is 5.41. The van der Waals surface area contributed by atoms with Crippen molar-refractivity contribution in [3.63, 3.8) is 0 Å². The van der Waals surface area contributed by atoms with Crippen molar-refractivity contribution in [3.05, 3.63) is 0 Å². The quantitative estimate of drug-likeness (QED) is 0.746. The van der Waals surface area contributed by atoms with E-state index in [0.717, 1.165) is 13.0 Å². The molecule has 0 aromatic heterocycles. The Morgan fingerprint density at radius 1 is 1.50 bits per heavy atom. The normalized spacial score (nSPS) is 21.9. The van der Waals surface area contributed by atoms with Gasteiger partial charge in [-0.15, -0.1) is 0 Å². The Balaban J connectivity index is 2.33. The molecule has 1 heterocycles. The first-order valence-corrected chi connectivity index (χ1v) is 6.08. The van der Waals surface area contributed by atoms with Gasteiger partial charge in [0.1, 0.15) is 0 Å². The van der Waals surface area contributed by atoms with E-state index in [2.05, 4.69) is 5.32 Å². The van der Waals surface area contributed by atoms with E-state index in [-0.39, 0.29) is 5.91 Å². The third kappa shape index (κ3) is 4.94.